The normalized spacial score (nSPS) is 34.2. The maximum atomic E-state index is 9.01. The van der Waals surface area contributed by atoms with Gasteiger partial charge in [0.1, 0.15) is 0 Å². The van der Waals surface area contributed by atoms with Gasteiger partial charge in [-0.1, -0.05) is 0 Å². The summed E-state index contributed by atoms with van der Waals surface area (Å²) in [4.78, 5) is 0. The lowest BCUT2D eigenvalue weighted by Crippen LogP contribution is -2.28. The molecule has 2 N–H and O–H groups in total. The highest BCUT2D eigenvalue weighted by atomic mass is 32.2. The maximum absolute atomic E-state index is 9.01. The van der Waals surface area contributed by atoms with Crippen molar-refractivity contribution in [1.29, 1.82) is 0 Å². The SMILES string of the molecule is OCC1CC2(CCSCC2)CN1. The Hall–Kier alpha value is 0.270. The van der Waals surface area contributed by atoms with E-state index in [1.165, 1.54) is 30.8 Å². The molecule has 0 aromatic rings. The quantitative estimate of drug-likeness (QED) is 0.638. The van der Waals surface area contributed by atoms with Gasteiger partial charge in [-0.25, -0.2) is 0 Å². The number of nitrogens with one attached hydrogen (secondary N) is 1. The Morgan fingerprint density at radius 2 is 2.17 bits per heavy atom. The topological polar surface area (TPSA) is 32.3 Å². The van der Waals surface area contributed by atoms with E-state index in [-0.39, 0.29) is 0 Å². The summed E-state index contributed by atoms with van der Waals surface area (Å²) in [5, 5.41) is 12.4. The molecule has 0 aliphatic carbocycles. The molecule has 2 saturated heterocycles. The molecule has 0 aromatic heterocycles. The summed E-state index contributed by atoms with van der Waals surface area (Å²) in [7, 11) is 0. The molecule has 0 bridgehead atoms. The molecular weight excluding hydrogens is 170 g/mol. The van der Waals surface area contributed by atoms with Crippen molar-refractivity contribution in [3.05, 3.63) is 0 Å². The molecule has 2 rings (SSSR count). The second-order valence-corrected chi connectivity index (χ2v) is 5.30. The third-order valence-electron chi connectivity index (χ3n) is 3.22. The summed E-state index contributed by atoms with van der Waals surface area (Å²) >= 11 is 2.07. The van der Waals surface area contributed by atoms with Crippen LogP contribution < -0.4 is 5.32 Å². The van der Waals surface area contributed by atoms with Crippen molar-refractivity contribution in [1.82, 2.24) is 5.32 Å². The average molecular weight is 187 g/mol. The summed E-state index contributed by atoms with van der Waals surface area (Å²) in [5.41, 5.74) is 0.554. The van der Waals surface area contributed by atoms with Gasteiger partial charge in [-0.3, -0.25) is 0 Å². The van der Waals surface area contributed by atoms with Gasteiger partial charge < -0.3 is 10.4 Å². The predicted octanol–water partition coefficient (Wildman–Crippen LogP) is 0.854. The second-order valence-electron chi connectivity index (χ2n) is 4.08. The minimum Gasteiger partial charge on any atom is -0.395 e. The minimum absolute atomic E-state index is 0.314. The zero-order chi connectivity index (χ0) is 8.44. The summed E-state index contributed by atoms with van der Waals surface area (Å²) < 4.78 is 0. The smallest absolute Gasteiger partial charge is 0.0584 e. The monoisotopic (exact) mass is 187 g/mol. The van der Waals surface area contributed by atoms with E-state index >= 15 is 0 Å². The number of hydrogen-bond acceptors (Lipinski definition) is 3. The Kier molecular flexibility index (Phi) is 2.63. The third kappa shape index (κ3) is 1.63. The van der Waals surface area contributed by atoms with Crippen LogP contribution in [-0.2, 0) is 0 Å². The zero-order valence-electron chi connectivity index (χ0n) is 7.38. The summed E-state index contributed by atoms with van der Waals surface area (Å²) in [6, 6.07) is 0.382. The van der Waals surface area contributed by atoms with Crippen LogP contribution in [-0.4, -0.2) is 35.8 Å². The fourth-order valence-electron chi connectivity index (χ4n) is 2.34. The lowest BCUT2D eigenvalue weighted by atomic mass is 9.80. The van der Waals surface area contributed by atoms with Gasteiger partial charge in [0.15, 0.2) is 0 Å². The first-order chi connectivity index (χ1) is 5.85. The lowest BCUT2D eigenvalue weighted by Gasteiger charge is -2.32. The van der Waals surface area contributed by atoms with Crippen molar-refractivity contribution in [3.63, 3.8) is 0 Å². The summed E-state index contributed by atoms with van der Waals surface area (Å²) in [6.07, 6.45) is 3.90. The first-order valence-electron chi connectivity index (χ1n) is 4.77. The highest BCUT2D eigenvalue weighted by Gasteiger charge is 2.39. The maximum Gasteiger partial charge on any atom is 0.0584 e. The Morgan fingerprint density at radius 1 is 1.42 bits per heavy atom. The molecule has 0 aromatic carbocycles. The molecule has 1 atom stereocenters. The van der Waals surface area contributed by atoms with Gasteiger partial charge in [0.2, 0.25) is 0 Å². The van der Waals surface area contributed by atoms with Gasteiger partial charge in [-0.05, 0) is 36.2 Å². The molecule has 3 heteroatoms. The first-order valence-corrected chi connectivity index (χ1v) is 5.92. The molecule has 70 valence electrons. The Balaban J connectivity index is 1.94. The largest absolute Gasteiger partial charge is 0.395 e. The molecule has 0 saturated carbocycles. The van der Waals surface area contributed by atoms with Crippen LogP contribution in [0.4, 0.5) is 0 Å². The van der Waals surface area contributed by atoms with E-state index in [1.54, 1.807) is 0 Å². The first kappa shape index (κ1) is 8.85. The molecule has 1 unspecified atom stereocenters. The van der Waals surface area contributed by atoms with E-state index in [0.717, 1.165) is 6.54 Å². The van der Waals surface area contributed by atoms with Gasteiger partial charge >= 0.3 is 0 Å². The van der Waals surface area contributed by atoms with E-state index in [2.05, 4.69) is 17.1 Å². The van der Waals surface area contributed by atoms with Crippen LogP contribution in [0.2, 0.25) is 0 Å². The van der Waals surface area contributed by atoms with Crippen molar-refractivity contribution < 1.29 is 5.11 Å². The Labute approximate surface area is 78.1 Å². The third-order valence-corrected chi connectivity index (χ3v) is 4.20. The Bertz CT molecular complexity index is 157. The molecule has 2 aliphatic rings. The van der Waals surface area contributed by atoms with Gasteiger partial charge in [-0.15, -0.1) is 0 Å². The van der Waals surface area contributed by atoms with Gasteiger partial charge in [-0.2, -0.15) is 11.8 Å². The van der Waals surface area contributed by atoms with E-state index < -0.39 is 0 Å². The van der Waals surface area contributed by atoms with E-state index in [1.807, 2.05) is 0 Å². The predicted molar refractivity (Wildman–Crippen MR) is 52.5 cm³/mol. The van der Waals surface area contributed by atoms with Crippen molar-refractivity contribution in [2.24, 2.45) is 5.41 Å². The van der Waals surface area contributed by atoms with Crippen LogP contribution in [0.1, 0.15) is 19.3 Å². The molecule has 2 aliphatic heterocycles. The summed E-state index contributed by atoms with van der Waals surface area (Å²) in [5.74, 6) is 2.64. The highest BCUT2D eigenvalue weighted by Crippen LogP contribution is 2.41. The second kappa shape index (κ2) is 3.56. The van der Waals surface area contributed by atoms with Crippen LogP contribution in [0, 0.1) is 5.41 Å². The van der Waals surface area contributed by atoms with Gasteiger partial charge in [0, 0.05) is 12.6 Å². The number of rotatable bonds is 1. The van der Waals surface area contributed by atoms with Crippen molar-refractivity contribution in [3.8, 4) is 0 Å². The number of thioether (sulfide) groups is 1. The molecule has 2 heterocycles. The standard InChI is InChI=1S/C9H17NOS/c11-6-8-5-9(7-10-8)1-3-12-4-2-9/h8,10-11H,1-7H2. The van der Waals surface area contributed by atoms with Crippen LogP contribution in [0.3, 0.4) is 0 Å². The fourth-order valence-corrected chi connectivity index (χ4v) is 3.70. The zero-order valence-corrected chi connectivity index (χ0v) is 8.20. The number of aliphatic hydroxyl groups is 1. The fraction of sp³-hybridized carbons (Fsp3) is 1.00. The molecule has 0 amide bonds. The minimum atomic E-state index is 0.314. The number of aliphatic hydroxyl groups excluding tert-OH is 1. The van der Waals surface area contributed by atoms with E-state index in [0.29, 0.717) is 18.1 Å². The van der Waals surface area contributed by atoms with E-state index in [4.69, 9.17) is 5.11 Å². The molecule has 12 heavy (non-hydrogen) atoms. The van der Waals surface area contributed by atoms with Crippen molar-refractivity contribution in [2.45, 2.75) is 25.3 Å². The van der Waals surface area contributed by atoms with Crippen LogP contribution in [0.15, 0.2) is 0 Å². The number of hydrogen-bond donors (Lipinski definition) is 2. The molecule has 0 radical (unpaired) electrons. The molecular formula is C9H17NOS. The average Bonchev–Trinajstić information content (AvgIpc) is 2.50. The molecule has 1 spiro atoms. The summed E-state index contributed by atoms with van der Waals surface area (Å²) in [6.45, 7) is 1.45. The lowest BCUT2D eigenvalue weighted by molar-refractivity contribution is 0.233. The Morgan fingerprint density at radius 3 is 2.75 bits per heavy atom. The van der Waals surface area contributed by atoms with Gasteiger partial charge in [0.05, 0.1) is 6.61 Å². The highest BCUT2D eigenvalue weighted by molar-refractivity contribution is 7.99. The molecule has 2 fully saturated rings. The van der Waals surface area contributed by atoms with Crippen LogP contribution in [0.5, 0.6) is 0 Å². The van der Waals surface area contributed by atoms with E-state index in [9.17, 15) is 0 Å². The van der Waals surface area contributed by atoms with Crippen LogP contribution >= 0.6 is 11.8 Å². The van der Waals surface area contributed by atoms with Crippen LogP contribution in [0.25, 0.3) is 0 Å². The van der Waals surface area contributed by atoms with Crippen molar-refractivity contribution in [2.75, 3.05) is 24.7 Å². The van der Waals surface area contributed by atoms with Gasteiger partial charge in [0.25, 0.3) is 0 Å². The van der Waals surface area contributed by atoms with Crippen molar-refractivity contribution >= 4 is 11.8 Å². The molecule has 2 nitrogen and oxygen atoms in total.